The smallest absolute Gasteiger partial charge is 0.270 e. The van der Waals surface area contributed by atoms with Crippen LogP contribution in [0.5, 0.6) is 0 Å². The predicted molar refractivity (Wildman–Crippen MR) is 50.8 cm³/mol. The molecule has 1 aromatic rings. The van der Waals surface area contributed by atoms with Gasteiger partial charge in [-0.3, -0.25) is 15.6 Å². The molecule has 0 unspecified atom stereocenters. The summed E-state index contributed by atoms with van der Waals surface area (Å²) in [6.45, 7) is 5.72. The fourth-order valence-corrected chi connectivity index (χ4v) is 1.48. The molecule has 3 nitrogen and oxygen atoms in total. The predicted octanol–water partition coefficient (Wildman–Crippen LogP) is 1.21. The van der Waals surface area contributed by atoms with Crippen molar-refractivity contribution in [2.45, 2.75) is 6.92 Å². The van der Waals surface area contributed by atoms with E-state index in [9.17, 15) is 4.79 Å². The molecule has 0 atom stereocenters. The van der Waals surface area contributed by atoms with Crippen LogP contribution in [0, 0.1) is 6.92 Å². The van der Waals surface area contributed by atoms with Crippen LogP contribution in [0.15, 0.2) is 24.8 Å². The average Bonchev–Trinajstić information content (AvgIpc) is 2.12. The van der Waals surface area contributed by atoms with Gasteiger partial charge in [0.05, 0.1) is 11.3 Å². The maximum absolute atomic E-state index is 11.4. The second-order valence-electron chi connectivity index (χ2n) is 3.06. The molecule has 2 N–H and O–H groups in total. The van der Waals surface area contributed by atoms with Crippen LogP contribution in [-0.4, -0.2) is 5.91 Å². The Balaban J connectivity index is 2.70. The van der Waals surface area contributed by atoms with Gasteiger partial charge in [0.2, 0.25) is 0 Å². The lowest BCUT2D eigenvalue weighted by atomic mass is 9.98. The molecule has 0 fully saturated rings. The molecule has 0 saturated heterocycles. The number of hydrogen-bond donors (Lipinski definition) is 2. The van der Waals surface area contributed by atoms with E-state index in [1.807, 2.05) is 25.1 Å². The van der Waals surface area contributed by atoms with Gasteiger partial charge in [-0.15, -0.1) is 0 Å². The van der Waals surface area contributed by atoms with Crippen LogP contribution in [0.2, 0.25) is 0 Å². The summed E-state index contributed by atoms with van der Waals surface area (Å²) in [4.78, 5) is 11.4. The molecule has 1 heterocycles. The van der Waals surface area contributed by atoms with Gasteiger partial charge < -0.3 is 0 Å². The number of fused-ring (bicyclic) bond motifs is 1. The first-order valence-corrected chi connectivity index (χ1v) is 4.05. The van der Waals surface area contributed by atoms with Gasteiger partial charge in [0.25, 0.3) is 5.91 Å². The Labute approximate surface area is 76.4 Å². The van der Waals surface area contributed by atoms with Crippen LogP contribution in [0.4, 0.5) is 0 Å². The monoisotopic (exact) mass is 174 g/mol. The first-order valence-electron chi connectivity index (χ1n) is 4.05. The highest BCUT2D eigenvalue weighted by Gasteiger charge is 2.20. The van der Waals surface area contributed by atoms with E-state index >= 15 is 0 Å². The fourth-order valence-electron chi connectivity index (χ4n) is 1.48. The largest absolute Gasteiger partial charge is 0.298 e. The molecule has 1 amide bonds. The zero-order valence-electron chi connectivity index (χ0n) is 7.35. The highest BCUT2D eigenvalue weighted by Crippen LogP contribution is 2.21. The van der Waals surface area contributed by atoms with E-state index in [0.717, 1.165) is 16.8 Å². The Bertz CT molecular complexity index is 396. The summed E-state index contributed by atoms with van der Waals surface area (Å²) in [6.07, 6.45) is 0. The Morgan fingerprint density at radius 1 is 1.31 bits per heavy atom. The van der Waals surface area contributed by atoms with E-state index in [1.54, 1.807) is 0 Å². The summed E-state index contributed by atoms with van der Waals surface area (Å²) < 4.78 is 0. The third-order valence-corrected chi connectivity index (χ3v) is 2.15. The third-order valence-electron chi connectivity index (χ3n) is 2.15. The molecule has 1 aliphatic heterocycles. The molecular formula is C10H10N2O. The molecule has 66 valence electrons. The van der Waals surface area contributed by atoms with E-state index in [1.165, 1.54) is 0 Å². The molecule has 0 spiro atoms. The number of amides is 1. The van der Waals surface area contributed by atoms with Gasteiger partial charge in [-0.05, 0) is 12.5 Å². The van der Waals surface area contributed by atoms with Crippen molar-refractivity contribution in [2.24, 2.45) is 0 Å². The quantitative estimate of drug-likeness (QED) is 0.620. The maximum Gasteiger partial charge on any atom is 0.270 e. The van der Waals surface area contributed by atoms with Crippen molar-refractivity contribution in [2.75, 3.05) is 0 Å². The normalized spacial score (nSPS) is 14.5. The van der Waals surface area contributed by atoms with Gasteiger partial charge in [0.15, 0.2) is 0 Å². The molecule has 1 aliphatic rings. The van der Waals surface area contributed by atoms with Crippen LogP contribution in [-0.2, 0) is 0 Å². The molecule has 0 bridgehead atoms. The number of benzene rings is 1. The summed E-state index contributed by atoms with van der Waals surface area (Å²) in [5.74, 6) is -0.0968. The SMILES string of the molecule is C=C1NNC(=O)c2c(C)cccc21. The first-order chi connectivity index (χ1) is 6.20. The Morgan fingerprint density at radius 3 is 2.77 bits per heavy atom. The number of rotatable bonds is 0. The van der Waals surface area contributed by atoms with Crippen molar-refractivity contribution in [3.05, 3.63) is 41.5 Å². The molecule has 3 heteroatoms. The standard InChI is InChI=1S/C10H10N2O/c1-6-4-3-5-8-7(2)11-12-10(13)9(6)8/h3-5,11H,2H2,1H3,(H,12,13). The summed E-state index contributed by atoms with van der Waals surface area (Å²) in [7, 11) is 0. The van der Waals surface area contributed by atoms with Crippen LogP contribution in [0.25, 0.3) is 5.70 Å². The van der Waals surface area contributed by atoms with E-state index < -0.39 is 0 Å². The number of hydrogen-bond acceptors (Lipinski definition) is 2. The van der Waals surface area contributed by atoms with E-state index in [0.29, 0.717) is 5.56 Å². The molecule has 0 aromatic heterocycles. The van der Waals surface area contributed by atoms with Gasteiger partial charge in [-0.25, -0.2) is 0 Å². The zero-order valence-corrected chi connectivity index (χ0v) is 7.35. The summed E-state index contributed by atoms with van der Waals surface area (Å²) in [6, 6.07) is 5.72. The van der Waals surface area contributed by atoms with E-state index in [2.05, 4.69) is 17.4 Å². The topological polar surface area (TPSA) is 41.1 Å². The lowest BCUT2D eigenvalue weighted by Gasteiger charge is -2.21. The Hall–Kier alpha value is -1.77. The molecule has 2 rings (SSSR count). The first kappa shape index (κ1) is 7.86. The second-order valence-corrected chi connectivity index (χ2v) is 3.06. The van der Waals surface area contributed by atoms with Gasteiger partial charge in [-0.2, -0.15) is 0 Å². The molecule has 0 aliphatic carbocycles. The van der Waals surface area contributed by atoms with Gasteiger partial charge in [0, 0.05) is 5.56 Å². The average molecular weight is 174 g/mol. The maximum atomic E-state index is 11.4. The number of carbonyl (C=O) groups is 1. The molecule has 0 saturated carbocycles. The molecular weight excluding hydrogens is 164 g/mol. The van der Waals surface area contributed by atoms with Crippen molar-refractivity contribution < 1.29 is 4.79 Å². The molecule has 1 aromatic carbocycles. The van der Waals surface area contributed by atoms with E-state index in [4.69, 9.17) is 0 Å². The van der Waals surface area contributed by atoms with Crippen LogP contribution < -0.4 is 10.9 Å². The summed E-state index contributed by atoms with van der Waals surface area (Å²) >= 11 is 0. The van der Waals surface area contributed by atoms with Crippen LogP contribution in [0.3, 0.4) is 0 Å². The highest BCUT2D eigenvalue weighted by molar-refractivity contribution is 6.02. The lowest BCUT2D eigenvalue weighted by molar-refractivity contribution is 0.0936. The van der Waals surface area contributed by atoms with Gasteiger partial charge in [-0.1, -0.05) is 24.8 Å². The fraction of sp³-hybridized carbons (Fsp3) is 0.100. The minimum Gasteiger partial charge on any atom is -0.298 e. The van der Waals surface area contributed by atoms with Crippen molar-refractivity contribution in [3.8, 4) is 0 Å². The Kier molecular flexibility index (Phi) is 1.59. The summed E-state index contributed by atoms with van der Waals surface area (Å²) in [5.41, 5.74) is 8.56. The lowest BCUT2D eigenvalue weighted by Crippen LogP contribution is -2.41. The summed E-state index contributed by atoms with van der Waals surface area (Å²) in [5, 5.41) is 0. The minimum atomic E-state index is -0.0968. The van der Waals surface area contributed by atoms with E-state index in [-0.39, 0.29) is 5.91 Å². The highest BCUT2D eigenvalue weighted by atomic mass is 16.2. The number of carbonyl (C=O) groups excluding carboxylic acids is 1. The van der Waals surface area contributed by atoms with Crippen molar-refractivity contribution in [3.63, 3.8) is 0 Å². The zero-order chi connectivity index (χ0) is 9.42. The third kappa shape index (κ3) is 1.09. The van der Waals surface area contributed by atoms with Crippen molar-refractivity contribution >= 4 is 11.6 Å². The van der Waals surface area contributed by atoms with Gasteiger partial charge >= 0.3 is 0 Å². The molecule has 13 heavy (non-hydrogen) atoms. The number of aryl methyl sites for hydroxylation is 1. The Morgan fingerprint density at radius 2 is 2.08 bits per heavy atom. The number of hydrazine groups is 1. The number of nitrogens with one attached hydrogen (secondary N) is 2. The van der Waals surface area contributed by atoms with Crippen LogP contribution in [0.1, 0.15) is 21.5 Å². The van der Waals surface area contributed by atoms with Gasteiger partial charge in [0.1, 0.15) is 0 Å². The van der Waals surface area contributed by atoms with Crippen molar-refractivity contribution in [1.29, 1.82) is 0 Å². The minimum absolute atomic E-state index is 0.0968. The second kappa shape index (κ2) is 2.62. The van der Waals surface area contributed by atoms with Crippen molar-refractivity contribution in [1.82, 2.24) is 10.9 Å². The van der Waals surface area contributed by atoms with Crippen LogP contribution >= 0.6 is 0 Å². The molecule has 0 radical (unpaired) electrons.